The van der Waals surface area contributed by atoms with Crippen molar-refractivity contribution in [2.75, 3.05) is 6.61 Å². The molecule has 0 spiro atoms. The molecule has 7 nitrogen and oxygen atoms in total. The van der Waals surface area contributed by atoms with Crippen LogP contribution in [0.15, 0.2) is 52.1 Å². The highest BCUT2D eigenvalue weighted by atomic mass is 79.9. The molecule has 3 heterocycles. The summed E-state index contributed by atoms with van der Waals surface area (Å²) in [5.41, 5.74) is 0.766. The quantitative estimate of drug-likeness (QED) is 0.501. The van der Waals surface area contributed by atoms with E-state index in [1.165, 1.54) is 15.3 Å². The van der Waals surface area contributed by atoms with Crippen LogP contribution in [0.3, 0.4) is 0 Å². The number of aromatic nitrogens is 4. The molecule has 0 aliphatic carbocycles. The molecule has 0 N–H and O–H groups in total. The molecule has 0 amide bonds. The fourth-order valence-corrected chi connectivity index (χ4v) is 2.46. The summed E-state index contributed by atoms with van der Waals surface area (Å²) in [5, 5.41) is 4.21. The first-order valence-electron chi connectivity index (χ1n) is 6.97. The Balaban J connectivity index is 1.56. The number of esters is 1. The van der Waals surface area contributed by atoms with Crippen LogP contribution < -0.4 is 5.69 Å². The van der Waals surface area contributed by atoms with Crippen LogP contribution in [-0.2, 0) is 11.3 Å². The predicted octanol–water partition coefficient (Wildman–Crippen LogP) is 1.90. The molecule has 23 heavy (non-hydrogen) atoms. The van der Waals surface area contributed by atoms with Crippen LogP contribution in [0.1, 0.15) is 16.8 Å². The first-order chi connectivity index (χ1) is 11.1. The van der Waals surface area contributed by atoms with Gasteiger partial charge in [0.25, 0.3) is 0 Å². The molecular weight excluding hydrogens is 364 g/mol. The molecule has 0 radical (unpaired) electrons. The lowest BCUT2D eigenvalue weighted by atomic mass is 10.3. The van der Waals surface area contributed by atoms with Crippen LogP contribution in [0.5, 0.6) is 0 Å². The van der Waals surface area contributed by atoms with Crippen LogP contribution in [0.25, 0.3) is 5.65 Å². The van der Waals surface area contributed by atoms with Gasteiger partial charge in [0.05, 0.1) is 12.2 Å². The van der Waals surface area contributed by atoms with E-state index in [2.05, 4.69) is 26.0 Å². The predicted molar refractivity (Wildman–Crippen MR) is 86.3 cm³/mol. The van der Waals surface area contributed by atoms with Gasteiger partial charge in [-0.1, -0.05) is 6.07 Å². The van der Waals surface area contributed by atoms with E-state index < -0.39 is 5.97 Å². The summed E-state index contributed by atoms with van der Waals surface area (Å²) in [4.78, 5) is 27.8. The van der Waals surface area contributed by atoms with E-state index in [0.29, 0.717) is 28.6 Å². The lowest BCUT2D eigenvalue weighted by Gasteiger charge is -2.04. The third kappa shape index (κ3) is 3.48. The molecule has 3 rings (SSSR count). The van der Waals surface area contributed by atoms with Crippen molar-refractivity contribution < 1.29 is 9.53 Å². The lowest BCUT2D eigenvalue weighted by molar-refractivity contribution is 0.0494. The average molecular weight is 377 g/mol. The zero-order valence-corrected chi connectivity index (χ0v) is 13.6. The zero-order chi connectivity index (χ0) is 16.2. The van der Waals surface area contributed by atoms with E-state index in [1.807, 2.05) is 6.07 Å². The molecule has 8 heteroatoms. The summed E-state index contributed by atoms with van der Waals surface area (Å²) >= 11 is 3.25. The number of carbonyl (C=O) groups is 1. The second-order valence-corrected chi connectivity index (χ2v) is 5.73. The summed E-state index contributed by atoms with van der Waals surface area (Å²) in [6, 6.07) is 6.99. The summed E-state index contributed by atoms with van der Waals surface area (Å²) < 4.78 is 8.72. The van der Waals surface area contributed by atoms with Crippen LogP contribution in [0, 0.1) is 0 Å². The lowest BCUT2D eigenvalue weighted by Crippen LogP contribution is -2.22. The van der Waals surface area contributed by atoms with Crippen molar-refractivity contribution in [1.29, 1.82) is 0 Å². The Morgan fingerprint density at radius 3 is 2.96 bits per heavy atom. The van der Waals surface area contributed by atoms with Gasteiger partial charge in [0.1, 0.15) is 0 Å². The van der Waals surface area contributed by atoms with Crippen molar-refractivity contribution in [3.05, 3.63) is 63.4 Å². The Morgan fingerprint density at radius 2 is 2.17 bits per heavy atom. The summed E-state index contributed by atoms with van der Waals surface area (Å²) in [6.45, 7) is 0.580. The third-order valence-electron chi connectivity index (χ3n) is 3.18. The number of rotatable bonds is 5. The van der Waals surface area contributed by atoms with Crippen molar-refractivity contribution >= 4 is 27.5 Å². The maximum absolute atomic E-state index is 12.1. The molecule has 0 atom stereocenters. The number of nitrogens with zero attached hydrogens (tertiary/aromatic N) is 4. The number of hydrogen-bond acceptors (Lipinski definition) is 5. The Labute approximate surface area is 139 Å². The Bertz CT molecular complexity index is 903. The second kappa shape index (κ2) is 6.74. The van der Waals surface area contributed by atoms with Gasteiger partial charge in [-0.25, -0.2) is 14.3 Å². The second-order valence-electron chi connectivity index (χ2n) is 4.82. The topological polar surface area (TPSA) is 78.5 Å². The Kier molecular flexibility index (Phi) is 4.52. The van der Waals surface area contributed by atoms with Gasteiger partial charge >= 0.3 is 11.7 Å². The zero-order valence-electron chi connectivity index (χ0n) is 12.1. The minimum atomic E-state index is -0.443. The summed E-state index contributed by atoms with van der Waals surface area (Å²) in [5.74, 6) is -0.443. The summed E-state index contributed by atoms with van der Waals surface area (Å²) in [7, 11) is 0. The van der Waals surface area contributed by atoms with Crippen molar-refractivity contribution in [3.8, 4) is 0 Å². The maximum Gasteiger partial charge on any atom is 0.350 e. The normalized spacial score (nSPS) is 10.8. The van der Waals surface area contributed by atoms with Gasteiger partial charge in [0.15, 0.2) is 5.65 Å². The van der Waals surface area contributed by atoms with Gasteiger partial charge in [-0.15, -0.1) is 5.10 Å². The monoisotopic (exact) mass is 376 g/mol. The summed E-state index contributed by atoms with van der Waals surface area (Å²) in [6.07, 6.45) is 5.20. The average Bonchev–Trinajstić information content (AvgIpc) is 2.88. The molecule has 0 bridgehead atoms. The molecular formula is C15H13BrN4O3. The minimum Gasteiger partial charge on any atom is -0.462 e. The van der Waals surface area contributed by atoms with Crippen LogP contribution in [-0.4, -0.2) is 31.7 Å². The highest BCUT2D eigenvalue weighted by Crippen LogP contribution is 2.10. The number of pyridine rings is 2. The van der Waals surface area contributed by atoms with Crippen LogP contribution >= 0.6 is 15.9 Å². The van der Waals surface area contributed by atoms with E-state index in [0.717, 1.165) is 0 Å². The molecule has 0 aromatic carbocycles. The van der Waals surface area contributed by atoms with Crippen molar-refractivity contribution in [3.63, 3.8) is 0 Å². The highest BCUT2D eigenvalue weighted by Gasteiger charge is 2.09. The molecule has 118 valence electrons. The smallest absolute Gasteiger partial charge is 0.350 e. The van der Waals surface area contributed by atoms with Gasteiger partial charge in [-0.3, -0.25) is 9.38 Å². The first kappa shape index (κ1) is 15.4. The van der Waals surface area contributed by atoms with E-state index >= 15 is 0 Å². The third-order valence-corrected chi connectivity index (χ3v) is 3.61. The Morgan fingerprint density at radius 1 is 1.30 bits per heavy atom. The van der Waals surface area contributed by atoms with E-state index in [9.17, 15) is 9.59 Å². The molecule has 0 aliphatic rings. The van der Waals surface area contributed by atoms with E-state index in [-0.39, 0.29) is 12.3 Å². The molecule has 0 saturated heterocycles. The van der Waals surface area contributed by atoms with Crippen LogP contribution in [0.2, 0.25) is 0 Å². The fourth-order valence-electron chi connectivity index (χ4n) is 2.10. The SMILES string of the molecule is O=C(OCCCn1nc2ccccn2c1=O)c1cncc(Br)c1. The van der Waals surface area contributed by atoms with Crippen molar-refractivity contribution in [1.82, 2.24) is 19.2 Å². The molecule has 0 unspecified atom stereocenters. The number of hydrogen-bond donors (Lipinski definition) is 0. The van der Waals surface area contributed by atoms with Gasteiger partial charge in [0.2, 0.25) is 0 Å². The van der Waals surface area contributed by atoms with Crippen molar-refractivity contribution in [2.45, 2.75) is 13.0 Å². The number of ether oxygens (including phenoxy) is 1. The molecule has 3 aromatic rings. The number of carbonyl (C=O) groups excluding carboxylic acids is 1. The number of halogens is 1. The highest BCUT2D eigenvalue weighted by molar-refractivity contribution is 9.10. The van der Waals surface area contributed by atoms with Gasteiger partial charge in [0, 0.05) is 36.0 Å². The van der Waals surface area contributed by atoms with Gasteiger partial charge in [-0.05, 0) is 34.1 Å². The van der Waals surface area contributed by atoms with Gasteiger partial charge < -0.3 is 4.74 Å². The molecule has 0 saturated carbocycles. The van der Waals surface area contributed by atoms with Crippen LogP contribution in [0.4, 0.5) is 0 Å². The van der Waals surface area contributed by atoms with E-state index in [1.54, 1.807) is 30.6 Å². The van der Waals surface area contributed by atoms with Gasteiger partial charge in [-0.2, -0.15) is 0 Å². The standard InChI is InChI=1S/C15H13BrN4O3/c16-12-8-11(9-17-10-12)14(21)23-7-3-6-20-15(22)19-5-2-1-4-13(19)18-20/h1-2,4-5,8-10H,3,6-7H2. The molecule has 0 fully saturated rings. The fraction of sp³-hybridized carbons (Fsp3) is 0.200. The van der Waals surface area contributed by atoms with Crippen molar-refractivity contribution in [2.24, 2.45) is 0 Å². The van der Waals surface area contributed by atoms with E-state index in [4.69, 9.17) is 4.74 Å². The molecule has 0 aliphatic heterocycles. The first-order valence-corrected chi connectivity index (χ1v) is 7.76. The number of fused-ring (bicyclic) bond motifs is 1. The minimum absolute atomic E-state index is 0.200. The largest absolute Gasteiger partial charge is 0.462 e. The Hall–Kier alpha value is -2.48. The molecule has 3 aromatic heterocycles. The maximum atomic E-state index is 12.1. The number of aryl methyl sites for hydroxylation is 1.